The van der Waals surface area contributed by atoms with Crippen LogP contribution in [0.25, 0.3) is 0 Å². The monoisotopic (exact) mass is 221 g/mol. The van der Waals surface area contributed by atoms with E-state index in [0.29, 0.717) is 11.7 Å². The van der Waals surface area contributed by atoms with Crippen LogP contribution in [-0.2, 0) is 4.79 Å². The lowest BCUT2D eigenvalue weighted by atomic mass is 10.0. The highest BCUT2D eigenvalue weighted by Crippen LogP contribution is 2.35. The van der Waals surface area contributed by atoms with Crippen molar-refractivity contribution in [3.63, 3.8) is 0 Å². The molecule has 2 nitrogen and oxygen atoms in total. The highest BCUT2D eigenvalue weighted by atomic mass is 16.1. The first-order valence-corrected chi connectivity index (χ1v) is 7.09. The zero-order chi connectivity index (χ0) is 11.0. The quantitative estimate of drug-likeness (QED) is 0.687. The van der Waals surface area contributed by atoms with Crippen LogP contribution in [0.15, 0.2) is 0 Å². The van der Waals surface area contributed by atoms with Gasteiger partial charge in [-0.3, -0.25) is 4.79 Å². The molecule has 3 fully saturated rings. The minimum Gasteiger partial charge on any atom is -0.300 e. The first-order chi connectivity index (χ1) is 7.83. The average molecular weight is 221 g/mol. The number of rotatable bonds is 6. The lowest BCUT2D eigenvalue weighted by Gasteiger charge is -2.23. The van der Waals surface area contributed by atoms with Crippen LogP contribution >= 0.6 is 0 Å². The van der Waals surface area contributed by atoms with Gasteiger partial charge in [-0.1, -0.05) is 0 Å². The zero-order valence-corrected chi connectivity index (χ0v) is 10.2. The third-order valence-electron chi connectivity index (χ3n) is 4.45. The molecule has 0 saturated heterocycles. The number of carbonyl (C=O) groups is 1. The van der Waals surface area contributed by atoms with E-state index in [0.717, 1.165) is 31.2 Å². The predicted octanol–water partition coefficient (Wildman–Crippen LogP) is 2.62. The molecule has 1 atom stereocenters. The molecular formula is C14H23NO. The predicted molar refractivity (Wildman–Crippen MR) is 64.3 cm³/mol. The summed E-state index contributed by atoms with van der Waals surface area (Å²) in [5.41, 5.74) is 0. The normalized spacial score (nSPS) is 30.3. The SMILES string of the molecule is O=C1CCCC1CCN(CC1CC1)C1CC1. The topological polar surface area (TPSA) is 20.3 Å². The Morgan fingerprint density at radius 3 is 2.50 bits per heavy atom. The fourth-order valence-electron chi connectivity index (χ4n) is 3.01. The van der Waals surface area contributed by atoms with E-state index in [4.69, 9.17) is 0 Å². The summed E-state index contributed by atoms with van der Waals surface area (Å²) in [6.45, 7) is 2.52. The minimum atomic E-state index is 0.417. The third kappa shape index (κ3) is 2.65. The number of carbonyl (C=O) groups excluding carboxylic acids is 1. The molecule has 1 unspecified atom stereocenters. The van der Waals surface area contributed by atoms with Gasteiger partial charge in [0.15, 0.2) is 0 Å². The highest BCUT2D eigenvalue weighted by Gasteiger charge is 2.34. The lowest BCUT2D eigenvalue weighted by Crippen LogP contribution is -2.31. The zero-order valence-electron chi connectivity index (χ0n) is 10.2. The summed E-state index contributed by atoms with van der Waals surface area (Å²) < 4.78 is 0. The summed E-state index contributed by atoms with van der Waals surface area (Å²) in [6.07, 6.45) is 10.0. The molecule has 0 aromatic rings. The Bertz CT molecular complexity index is 268. The van der Waals surface area contributed by atoms with Crippen LogP contribution in [0.1, 0.15) is 51.4 Å². The summed E-state index contributed by atoms with van der Waals surface area (Å²) >= 11 is 0. The average Bonchev–Trinajstić information content (AvgIpc) is 3.14. The molecule has 16 heavy (non-hydrogen) atoms. The van der Waals surface area contributed by atoms with Gasteiger partial charge in [-0.2, -0.15) is 0 Å². The van der Waals surface area contributed by atoms with Crippen molar-refractivity contribution < 1.29 is 4.79 Å². The molecule has 3 aliphatic rings. The molecule has 3 aliphatic carbocycles. The van der Waals surface area contributed by atoms with E-state index in [1.54, 1.807) is 0 Å². The van der Waals surface area contributed by atoms with Gasteiger partial charge >= 0.3 is 0 Å². The molecule has 3 saturated carbocycles. The lowest BCUT2D eigenvalue weighted by molar-refractivity contribution is -0.120. The Morgan fingerprint density at radius 1 is 1.12 bits per heavy atom. The van der Waals surface area contributed by atoms with Gasteiger partial charge in [0.05, 0.1) is 0 Å². The fourth-order valence-corrected chi connectivity index (χ4v) is 3.01. The van der Waals surface area contributed by atoms with Crippen LogP contribution in [0.4, 0.5) is 0 Å². The minimum absolute atomic E-state index is 0.417. The first kappa shape index (κ1) is 10.8. The third-order valence-corrected chi connectivity index (χ3v) is 4.45. The summed E-state index contributed by atoms with van der Waals surface area (Å²) in [4.78, 5) is 14.3. The van der Waals surface area contributed by atoms with E-state index in [-0.39, 0.29) is 0 Å². The van der Waals surface area contributed by atoms with Crippen LogP contribution in [0.5, 0.6) is 0 Å². The van der Waals surface area contributed by atoms with Crippen LogP contribution in [0.3, 0.4) is 0 Å². The van der Waals surface area contributed by atoms with E-state index >= 15 is 0 Å². The van der Waals surface area contributed by atoms with Crippen LogP contribution in [0, 0.1) is 11.8 Å². The van der Waals surface area contributed by atoms with Crippen molar-refractivity contribution in [2.75, 3.05) is 13.1 Å². The number of hydrogen-bond acceptors (Lipinski definition) is 2. The molecule has 0 heterocycles. The Balaban J connectivity index is 1.45. The molecule has 0 amide bonds. The number of ketones is 1. The fraction of sp³-hybridized carbons (Fsp3) is 0.929. The van der Waals surface area contributed by atoms with Gasteiger partial charge < -0.3 is 4.90 Å². The number of nitrogens with zero attached hydrogens (tertiary/aromatic N) is 1. The molecule has 0 N–H and O–H groups in total. The van der Waals surface area contributed by atoms with Gasteiger partial charge in [0.25, 0.3) is 0 Å². The largest absolute Gasteiger partial charge is 0.300 e. The molecule has 0 radical (unpaired) electrons. The molecular weight excluding hydrogens is 198 g/mol. The van der Waals surface area contributed by atoms with Gasteiger partial charge in [0, 0.05) is 24.9 Å². The highest BCUT2D eigenvalue weighted by molar-refractivity contribution is 5.82. The summed E-state index contributed by atoms with van der Waals surface area (Å²) in [5, 5.41) is 0. The Kier molecular flexibility index (Phi) is 3.01. The molecule has 0 aromatic heterocycles. The molecule has 2 heteroatoms. The molecule has 90 valence electrons. The Hall–Kier alpha value is -0.370. The van der Waals surface area contributed by atoms with Crippen molar-refractivity contribution in [2.45, 2.75) is 57.4 Å². The molecule has 0 aliphatic heterocycles. The summed E-state index contributed by atoms with van der Waals surface area (Å²) in [7, 11) is 0. The van der Waals surface area contributed by atoms with Gasteiger partial charge in [0.2, 0.25) is 0 Å². The maximum atomic E-state index is 11.6. The van der Waals surface area contributed by atoms with Crippen LogP contribution < -0.4 is 0 Å². The van der Waals surface area contributed by atoms with Gasteiger partial charge in [0.1, 0.15) is 5.78 Å². The van der Waals surface area contributed by atoms with Crippen molar-refractivity contribution >= 4 is 5.78 Å². The van der Waals surface area contributed by atoms with Crippen molar-refractivity contribution in [2.24, 2.45) is 11.8 Å². The second-order valence-corrected chi connectivity index (χ2v) is 6.01. The van der Waals surface area contributed by atoms with Gasteiger partial charge in [-0.05, 0) is 57.4 Å². The molecule has 0 spiro atoms. The van der Waals surface area contributed by atoms with Crippen molar-refractivity contribution in [3.8, 4) is 0 Å². The van der Waals surface area contributed by atoms with Crippen molar-refractivity contribution in [3.05, 3.63) is 0 Å². The van der Waals surface area contributed by atoms with E-state index in [9.17, 15) is 4.79 Å². The maximum Gasteiger partial charge on any atom is 0.136 e. The van der Waals surface area contributed by atoms with Crippen LogP contribution in [-0.4, -0.2) is 29.8 Å². The maximum absolute atomic E-state index is 11.6. The molecule has 0 bridgehead atoms. The molecule has 3 rings (SSSR count). The van der Waals surface area contributed by atoms with Crippen molar-refractivity contribution in [1.29, 1.82) is 0 Å². The van der Waals surface area contributed by atoms with Gasteiger partial charge in [-0.15, -0.1) is 0 Å². The van der Waals surface area contributed by atoms with Gasteiger partial charge in [-0.25, -0.2) is 0 Å². The number of Topliss-reactive ketones (excluding diaryl/α,β-unsaturated/α-hetero) is 1. The molecule has 0 aromatic carbocycles. The van der Waals surface area contributed by atoms with E-state index in [2.05, 4.69) is 4.90 Å². The Morgan fingerprint density at radius 2 is 1.94 bits per heavy atom. The standard InChI is InChI=1S/C14H23NO/c16-14-3-1-2-12(14)8-9-15(13-6-7-13)10-11-4-5-11/h11-13H,1-10H2. The Labute approximate surface area is 98.4 Å². The first-order valence-electron chi connectivity index (χ1n) is 7.09. The number of hydrogen-bond donors (Lipinski definition) is 0. The van der Waals surface area contributed by atoms with E-state index in [1.165, 1.54) is 45.2 Å². The van der Waals surface area contributed by atoms with Crippen molar-refractivity contribution in [1.82, 2.24) is 4.90 Å². The smallest absolute Gasteiger partial charge is 0.136 e. The second kappa shape index (κ2) is 4.48. The van der Waals surface area contributed by atoms with E-state index < -0.39 is 0 Å². The summed E-state index contributed by atoms with van der Waals surface area (Å²) in [6, 6.07) is 0.886. The summed E-state index contributed by atoms with van der Waals surface area (Å²) in [5.74, 6) is 1.96. The van der Waals surface area contributed by atoms with Crippen LogP contribution in [0.2, 0.25) is 0 Å². The van der Waals surface area contributed by atoms with E-state index in [1.807, 2.05) is 0 Å². The second-order valence-electron chi connectivity index (χ2n) is 6.01.